The van der Waals surface area contributed by atoms with E-state index in [2.05, 4.69) is 72.3 Å². The average molecular weight is 623 g/mol. The Balaban J connectivity index is 1.69. The zero-order chi connectivity index (χ0) is 32.9. The number of aryl methyl sites for hydroxylation is 2. The van der Waals surface area contributed by atoms with Gasteiger partial charge in [0, 0.05) is 30.0 Å². The maximum Gasteiger partial charge on any atom is 0.414 e. The van der Waals surface area contributed by atoms with Gasteiger partial charge in [0.25, 0.3) is 0 Å². The van der Waals surface area contributed by atoms with Gasteiger partial charge in [-0.1, -0.05) is 32.9 Å². The third-order valence-electron chi connectivity index (χ3n) is 6.26. The van der Waals surface area contributed by atoms with Crippen LogP contribution in [0.3, 0.4) is 0 Å². The summed E-state index contributed by atoms with van der Waals surface area (Å²) in [6, 6.07) is 4.35. The molecule has 0 saturated heterocycles. The maximum absolute atomic E-state index is 12.4. The molecule has 0 radical (unpaired) electrons. The van der Waals surface area contributed by atoms with Crippen LogP contribution in [0, 0.1) is 13.8 Å². The lowest BCUT2D eigenvalue weighted by Gasteiger charge is -2.22. The molecule has 11 heteroatoms. The summed E-state index contributed by atoms with van der Waals surface area (Å²) in [5.74, 6) is -0.0307. The Morgan fingerprint density at radius 1 is 0.818 bits per heavy atom. The van der Waals surface area contributed by atoms with Crippen LogP contribution in [0.25, 0.3) is 11.4 Å². The van der Waals surface area contributed by atoms with Crippen LogP contribution < -0.4 is 10.6 Å². The predicted octanol–water partition coefficient (Wildman–Crippen LogP) is 7.05. The van der Waals surface area contributed by atoms with Gasteiger partial charge < -0.3 is 9.47 Å². The predicted molar refractivity (Wildman–Crippen MR) is 175 cm³/mol. The van der Waals surface area contributed by atoms with Crippen LogP contribution in [0.4, 0.5) is 9.59 Å². The number of guanidine groups is 1. The van der Waals surface area contributed by atoms with Gasteiger partial charge in [0.05, 0.1) is 16.9 Å². The molecule has 2 amide bonds. The molecule has 3 aromatic rings. The van der Waals surface area contributed by atoms with E-state index in [1.165, 1.54) is 5.56 Å². The van der Waals surface area contributed by atoms with Crippen molar-refractivity contribution in [1.82, 2.24) is 25.6 Å². The van der Waals surface area contributed by atoms with Gasteiger partial charge in [-0.2, -0.15) is 0 Å². The number of aliphatic imine (C=N–C) groups is 1. The van der Waals surface area contributed by atoms with Gasteiger partial charge in [-0.05, 0) is 84.1 Å². The number of carbonyl (C=O) groups is 2. The van der Waals surface area contributed by atoms with E-state index in [4.69, 9.17) is 14.5 Å². The summed E-state index contributed by atoms with van der Waals surface area (Å²) in [5.41, 5.74) is 5.69. The first-order valence-electron chi connectivity index (χ1n) is 14.7. The molecule has 2 N–H and O–H groups in total. The number of benzene rings is 1. The topological polar surface area (TPSA) is 128 Å². The normalized spacial score (nSPS) is 12.0. The fourth-order valence-electron chi connectivity index (χ4n) is 4.11. The van der Waals surface area contributed by atoms with Crippen molar-refractivity contribution in [3.63, 3.8) is 0 Å². The van der Waals surface area contributed by atoms with Crippen molar-refractivity contribution in [2.75, 3.05) is 6.54 Å². The first-order chi connectivity index (χ1) is 20.3. The number of rotatable bonds is 6. The summed E-state index contributed by atoms with van der Waals surface area (Å²) in [6.45, 7) is 21.4. The molecular formula is C33H46N6O4S. The summed E-state index contributed by atoms with van der Waals surface area (Å²) in [7, 11) is 0. The largest absolute Gasteiger partial charge is 0.444 e. The second kappa shape index (κ2) is 13.8. The van der Waals surface area contributed by atoms with E-state index in [0.29, 0.717) is 19.4 Å². The molecule has 0 aliphatic rings. The van der Waals surface area contributed by atoms with E-state index in [-0.39, 0.29) is 11.4 Å². The smallest absolute Gasteiger partial charge is 0.414 e. The summed E-state index contributed by atoms with van der Waals surface area (Å²) in [4.78, 5) is 43.2. The maximum atomic E-state index is 12.4. The molecule has 2 heterocycles. The van der Waals surface area contributed by atoms with Crippen molar-refractivity contribution in [3.8, 4) is 11.4 Å². The lowest BCUT2D eigenvalue weighted by atomic mass is 9.93. The van der Waals surface area contributed by atoms with Crippen LogP contribution in [0.2, 0.25) is 0 Å². The Morgan fingerprint density at radius 2 is 1.39 bits per heavy atom. The van der Waals surface area contributed by atoms with Crippen molar-refractivity contribution < 1.29 is 19.1 Å². The number of amides is 2. The number of nitrogens with zero attached hydrogens (tertiary/aromatic N) is 4. The zero-order valence-electron chi connectivity index (χ0n) is 27.8. The third kappa shape index (κ3) is 11.0. The van der Waals surface area contributed by atoms with E-state index in [0.717, 1.165) is 38.8 Å². The Morgan fingerprint density at radius 3 is 1.91 bits per heavy atom. The molecular weight excluding hydrogens is 576 g/mol. The van der Waals surface area contributed by atoms with Crippen LogP contribution >= 0.6 is 11.3 Å². The molecule has 0 aliphatic heterocycles. The number of nitrogens with one attached hydrogen (secondary N) is 2. The highest BCUT2D eigenvalue weighted by Gasteiger charge is 2.21. The molecule has 0 aliphatic carbocycles. The number of aromatic nitrogens is 3. The van der Waals surface area contributed by atoms with Crippen LogP contribution in [0.5, 0.6) is 0 Å². The lowest BCUT2D eigenvalue weighted by Crippen LogP contribution is -2.47. The standard InChI is InChI=1S/C33H46N6O4S/c1-20-15-23(16-27-37-25(19-44-27)24-17-36-26(18-35-24)31(3,4)5)21(2)14-22(20)12-13-34-28(38-29(40)42-32(6,7)8)39-30(41)43-33(9,10)11/h14-15,17-19H,12-13,16H2,1-11H3,(H2,34,38,39,40,41). The lowest BCUT2D eigenvalue weighted by molar-refractivity contribution is 0.0545. The quantitative estimate of drug-likeness (QED) is 0.223. The number of alkyl carbamates (subject to hydrolysis) is 2. The van der Waals surface area contributed by atoms with Gasteiger partial charge >= 0.3 is 12.2 Å². The van der Waals surface area contributed by atoms with Gasteiger partial charge in [0.15, 0.2) is 0 Å². The van der Waals surface area contributed by atoms with Crippen molar-refractivity contribution >= 4 is 29.5 Å². The minimum atomic E-state index is -0.719. The molecule has 44 heavy (non-hydrogen) atoms. The molecule has 10 nitrogen and oxygen atoms in total. The van der Waals surface area contributed by atoms with Crippen molar-refractivity contribution in [2.24, 2.45) is 4.99 Å². The molecule has 0 fully saturated rings. The van der Waals surface area contributed by atoms with Crippen LogP contribution in [0.15, 0.2) is 34.9 Å². The monoisotopic (exact) mass is 622 g/mol. The molecule has 3 rings (SSSR count). The Hall–Kier alpha value is -3.86. The Bertz CT molecular complexity index is 1460. The molecule has 0 atom stereocenters. The molecule has 238 valence electrons. The number of ether oxygens (including phenoxy) is 2. The van der Waals surface area contributed by atoms with Gasteiger partial charge in [-0.3, -0.25) is 25.6 Å². The second-order valence-corrected chi connectivity index (χ2v) is 14.7. The molecule has 0 saturated carbocycles. The van der Waals surface area contributed by atoms with Crippen LogP contribution in [-0.4, -0.2) is 50.8 Å². The van der Waals surface area contributed by atoms with E-state index >= 15 is 0 Å². The Labute approximate surface area is 265 Å². The van der Waals surface area contributed by atoms with E-state index in [9.17, 15) is 9.59 Å². The number of hydrogen-bond acceptors (Lipinski definition) is 9. The van der Waals surface area contributed by atoms with Crippen LogP contribution in [0.1, 0.15) is 95.3 Å². The SMILES string of the molecule is Cc1cc(Cc2nc(-c3cnc(C(C)(C)C)cn3)cs2)c(C)cc1CCN=C(NC(=O)OC(C)(C)C)NC(=O)OC(C)(C)C. The van der Waals surface area contributed by atoms with Crippen molar-refractivity contribution in [3.05, 3.63) is 62.9 Å². The number of thiazole rings is 1. The third-order valence-corrected chi connectivity index (χ3v) is 7.11. The molecule has 2 aromatic heterocycles. The van der Waals surface area contributed by atoms with Gasteiger partial charge in [0.2, 0.25) is 5.96 Å². The highest BCUT2D eigenvalue weighted by molar-refractivity contribution is 7.10. The first-order valence-corrected chi connectivity index (χ1v) is 15.6. The summed E-state index contributed by atoms with van der Waals surface area (Å²) in [6.07, 6.45) is 3.50. The van der Waals surface area contributed by atoms with E-state index in [1.54, 1.807) is 59.1 Å². The van der Waals surface area contributed by atoms with Gasteiger partial charge in [-0.15, -0.1) is 11.3 Å². The second-order valence-electron chi connectivity index (χ2n) is 13.8. The number of carbonyl (C=O) groups excluding carboxylic acids is 2. The molecule has 0 unspecified atom stereocenters. The Kier molecular flexibility index (Phi) is 10.9. The minimum absolute atomic E-state index is 0.0307. The van der Waals surface area contributed by atoms with Gasteiger partial charge in [0.1, 0.15) is 22.6 Å². The molecule has 1 aromatic carbocycles. The zero-order valence-corrected chi connectivity index (χ0v) is 28.7. The van der Waals surface area contributed by atoms with E-state index in [1.807, 2.05) is 11.6 Å². The fourth-order valence-corrected chi connectivity index (χ4v) is 4.93. The highest BCUT2D eigenvalue weighted by Crippen LogP contribution is 2.26. The summed E-state index contributed by atoms with van der Waals surface area (Å²) >= 11 is 1.61. The van der Waals surface area contributed by atoms with Crippen LogP contribution in [-0.2, 0) is 27.7 Å². The number of hydrogen-bond donors (Lipinski definition) is 2. The van der Waals surface area contributed by atoms with E-state index < -0.39 is 23.4 Å². The van der Waals surface area contributed by atoms with Gasteiger partial charge in [-0.25, -0.2) is 14.6 Å². The highest BCUT2D eigenvalue weighted by atomic mass is 32.1. The summed E-state index contributed by atoms with van der Waals surface area (Å²) < 4.78 is 10.6. The fraction of sp³-hybridized carbons (Fsp3) is 0.515. The van der Waals surface area contributed by atoms with Crippen molar-refractivity contribution in [1.29, 1.82) is 0 Å². The average Bonchev–Trinajstić information content (AvgIpc) is 3.32. The minimum Gasteiger partial charge on any atom is -0.444 e. The molecule has 0 spiro atoms. The first kappa shape index (κ1) is 34.6. The van der Waals surface area contributed by atoms with Crippen molar-refractivity contribution in [2.45, 2.75) is 106 Å². The summed E-state index contributed by atoms with van der Waals surface area (Å²) in [5, 5.41) is 8.08. The molecule has 0 bridgehead atoms.